The van der Waals surface area contributed by atoms with Crippen LogP contribution in [0, 0.1) is 5.82 Å². The van der Waals surface area contributed by atoms with Gasteiger partial charge in [0.05, 0.1) is 11.4 Å². The minimum Gasteiger partial charge on any atom is -0.397 e. The van der Waals surface area contributed by atoms with Crippen LogP contribution in [0.4, 0.5) is 15.8 Å². The molecular formula is C16H23FN2OS. The molecule has 3 nitrogen and oxygen atoms in total. The molecule has 116 valence electrons. The number of rotatable bonds is 6. The standard InChI is InChI=1S/C16H23FN2OS/c17-12-8-9-15(14(18)11-12)19-16(20)7-4-10-21-13-5-2-1-3-6-13/h8-9,11,13H,1-7,10,18H2,(H,19,20). The summed E-state index contributed by atoms with van der Waals surface area (Å²) in [7, 11) is 0. The molecule has 1 saturated carbocycles. The maximum atomic E-state index is 12.9. The average Bonchev–Trinajstić information content (AvgIpc) is 2.48. The van der Waals surface area contributed by atoms with Gasteiger partial charge in [-0.2, -0.15) is 11.8 Å². The van der Waals surface area contributed by atoms with Crippen LogP contribution in [0.25, 0.3) is 0 Å². The topological polar surface area (TPSA) is 55.1 Å². The van der Waals surface area contributed by atoms with Crippen molar-refractivity contribution in [1.82, 2.24) is 0 Å². The van der Waals surface area contributed by atoms with Gasteiger partial charge in [0.2, 0.25) is 5.91 Å². The van der Waals surface area contributed by atoms with E-state index < -0.39 is 5.82 Å². The molecular weight excluding hydrogens is 287 g/mol. The Labute approximate surface area is 129 Å². The fraction of sp³-hybridized carbons (Fsp3) is 0.562. The lowest BCUT2D eigenvalue weighted by Crippen LogP contribution is -2.14. The summed E-state index contributed by atoms with van der Waals surface area (Å²) in [5.74, 6) is 0.573. The van der Waals surface area contributed by atoms with Gasteiger partial charge in [-0.25, -0.2) is 4.39 Å². The van der Waals surface area contributed by atoms with Crippen LogP contribution >= 0.6 is 11.8 Å². The third-order valence-electron chi connectivity index (χ3n) is 3.74. The van der Waals surface area contributed by atoms with Crippen LogP contribution in [0.3, 0.4) is 0 Å². The Kier molecular flexibility index (Phi) is 6.36. The molecule has 1 aliphatic rings. The molecule has 0 spiro atoms. The number of carbonyl (C=O) groups is 1. The normalized spacial score (nSPS) is 15.9. The number of nitrogen functional groups attached to an aromatic ring is 1. The lowest BCUT2D eigenvalue weighted by molar-refractivity contribution is -0.116. The second kappa shape index (κ2) is 8.27. The number of anilines is 2. The highest BCUT2D eigenvalue weighted by Crippen LogP contribution is 2.28. The third kappa shape index (κ3) is 5.58. The van der Waals surface area contributed by atoms with Gasteiger partial charge in [-0.15, -0.1) is 0 Å². The van der Waals surface area contributed by atoms with Crippen molar-refractivity contribution in [2.75, 3.05) is 16.8 Å². The first-order valence-corrected chi connectivity index (χ1v) is 8.66. The van der Waals surface area contributed by atoms with E-state index >= 15 is 0 Å². The summed E-state index contributed by atoms with van der Waals surface area (Å²) in [5.41, 5.74) is 6.41. The first kappa shape index (κ1) is 16.1. The van der Waals surface area contributed by atoms with E-state index in [9.17, 15) is 9.18 Å². The Morgan fingerprint density at radius 2 is 2.10 bits per heavy atom. The predicted molar refractivity (Wildman–Crippen MR) is 88.0 cm³/mol. The molecule has 5 heteroatoms. The summed E-state index contributed by atoms with van der Waals surface area (Å²) in [6, 6.07) is 4.01. The number of amides is 1. The highest BCUT2D eigenvalue weighted by Gasteiger charge is 2.13. The zero-order valence-electron chi connectivity index (χ0n) is 12.2. The van der Waals surface area contributed by atoms with Crippen molar-refractivity contribution in [3.05, 3.63) is 24.0 Å². The van der Waals surface area contributed by atoms with Gasteiger partial charge >= 0.3 is 0 Å². The van der Waals surface area contributed by atoms with Gasteiger partial charge in [-0.3, -0.25) is 4.79 Å². The highest BCUT2D eigenvalue weighted by atomic mass is 32.2. The van der Waals surface area contributed by atoms with E-state index in [4.69, 9.17) is 5.73 Å². The molecule has 0 aliphatic heterocycles. The average molecular weight is 310 g/mol. The van der Waals surface area contributed by atoms with Crippen LogP contribution in [0.15, 0.2) is 18.2 Å². The first-order chi connectivity index (χ1) is 10.1. The lowest BCUT2D eigenvalue weighted by Gasteiger charge is -2.20. The molecule has 1 fully saturated rings. The number of hydrogen-bond donors (Lipinski definition) is 2. The monoisotopic (exact) mass is 310 g/mol. The zero-order chi connectivity index (χ0) is 15.1. The molecule has 0 saturated heterocycles. The van der Waals surface area contributed by atoms with E-state index in [0.717, 1.165) is 17.4 Å². The van der Waals surface area contributed by atoms with Gasteiger partial charge in [-0.1, -0.05) is 19.3 Å². The van der Waals surface area contributed by atoms with E-state index in [1.807, 2.05) is 11.8 Å². The number of benzene rings is 1. The maximum Gasteiger partial charge on any atom is 0.224 e. The molecule has 0 radical (unpaired) electrons. The fourth-order valence-corrected chi connectivity index (χ4v) is 3.89. The van der Waals surface area contributed by atoms with Crippen LogP contribution in [-0.2, 0) is 4.79 Å². The molecule has 1 aliphatic carbocycles. The Morgan fingerprint density at radius 3 is 2.81 bits per heavy atom. The minimum absolute atomic E-state index is 0.0578. The Morgan fingerprint density at radius 1 is 1.33 bits per heavy atom. The summed E-state index contributed by atoms with van der Waals surface area (Å²) in [6.07, 6.45) is 8.07. The second-order valence-electron chi connectivity index (χ2n) is 5.51. The largest absolute Gasteiger partial charge is 0.397 e. The Hall–Kier alpha value is -1.23. The molecule has 0 heterocycles. The van der Waals surface area contributed by atoms with Crippen LogP contribution < -0.4 is 11.1 Å². The number of hydrogen-bond acceptors (Lipinski definition) is 3. The number of thioether (sulfide) groups is 1. The number of nitrogens with one attached hydrogen (secondary N) is 1. The lowest BCUT2D eigenvalue weighted by atomic mass is 10.0. The van der Waals surface area contributed by atoms with Crippen molar-refractivity contribution >= 4 is 29.0 Å². The summed E-state index contributed by atoms with van der Waals surface area (Å²) >= 11 is 2.00. The molecule has 2 rings (SSSR count). The molecule has 1 aromatic rings. The molecule has 0 aromatic heterocycles. The maximum absolute atomic E-state index is 12.9. The van der Waals surface area contributed by atoms with Gasteiger partial charge in [0.1, 0.15) is 5.82 Å². The number of nitrogens with two attached hydrogens (primary N) is 1. The smallest absolute Gasteiger partial charge is 0.224 e. The summed E-state index contributed by atoms with van der Waals surface area (Å²) in [5, 5.41) is 3.52. The molecule has 21 heavy (non-hydrogen) atoms. The van der Waals surface area contributed by atoms with E-state index in [-0.39, 0.29) is 11.6 Å². The first-order valence-electron chi connectivity index (χ1n) is 7.61. The van der Waals surface area contributed by atoms with E-state index in [2.05, 4.69) is 5.32 Å². The van der Waals surface area contributed by atoms with E-state index in [1.165, 1.54) is 50.3 Å². The molecule has 0 bridgehead atoms. The zero-order valence-corrected chi connectivity index (χ0v) is 13.1. The summed E-state index contributed by atoms with van der Waals surface area (Å²) < 4.78 is 12.9. The van der Waals surface area contributed by atoms with Gasteiger partial charge in [0.25, 0.3) is 0 Å². The molecule has 0 atom stereocenters. The van der Waals surface area contributed by atoms with Crippen LogP contribution in [-0.4, -0.2) is 16.9 Å². The van der Waals surface area contributed by atoms with Crippen molar-refractivity contribution in [2.24, 2.45) is 0 Å². The van der Waals surface area contributed by atoms with Crippen LogP contribution in [0.1, 0.15) is 44.9 Å². The van der Waals surface area contributed by atoms with Crippen molar-refractivity contribution in [1.29, 1.82) is 0 Å². The minimum atomic E-state index is -0.394. The van der Waals surface area contributed by atoms with Crippen LogP contribution in [0.5, 0.6) is 0 Å². The molecule has 3 N–H and O–H groups in total. The highest BCUT2D eigenvalue weighted by molar-refractivity contribution is 7.99. The van der Waals surface area contributed by atoms with Gasteiger partial charge in [-0.05, 0) is 43.2 Å². The number of carbonyl (C=O) groups excluding carboxylic acids is 1. The SMILES string of the molecule is Nc1cc(F)ccc1NC(=O)CCCSC1CCCCC1. The fourth-order valence-electron chi connectivity index (χ4n) is 2.57. The Balaban J connectivity index is 1.65. The molecule has 0 unspecified atom stereocenters. The van der Waals surface area contributed by atoms with Crippen molar-refractivity contribution < 1.29 is 9.18 Å². The predicted octanol–water partition coefficient (Wildman–Crippen LogP) is 4.19. The quantitative estimate of drug-likeness (QED) is 0.612. The van der Waals surface area contributed by atoms with Gasteiger partial charge in [0.15, 0.2) is 0 Å². The van der Waals surface area contributed by atoms with Crippen molar-refractivity contribution in [3.8, 4) is 0 Å². The van der Waals surface area contributed by atoms with Crippen LogP contribution in [0.2, 0.25) is 0 Å². The van der Waals surface area contributed by atoms with Gasteiger partial charge in [0, 0.05) is 11.7 Å². The molecule has 1 aromatic carbocycles. The molecule has 1 amide bonds. The third-order valence-corrected chi connectivity index (χ3v) is 5.21. The summed E-state index contributed by atoms with van der Waals surface area (Å²) in [4.78, 5) is 11.8. The van der Waals surface area contributed by atoms with Crippen molar-refractivity contribution in [3.63, 3.8) is 0 Å². The van der Waals surface area contributed by atoms with Gasteiger partial charge < -0.3 is 11.1 Å². The van der Waals surface area contributed by atoms with Crippen molar-refractivity contribution in [2.45, 2.75) is 50.2 Å². The number of halogens is 1. The second-order valence-corrected chi connectivity index (χ2v) is 6.92. The summed E-state index contributed by atoms with van der Waals surface area (Å²) in [6.45, 7) is 0. The van der Waals surface area contributed by atoms with E-state index in [1.54, 1.807) is 0 Å². The Bertz CT molecular complexity index is 475. The van der Waals surface area contributed by atoms with E-state index in [0.29, 0.717) is 12.1 Å².